The zero-order chi connectivity index (χ0) is 100. The average Bonchev–Trinajstić information content (AvgIpc) is 0.778. The number of nitriles is 2. The third-order valence-electron chi connectivity index (χ3n) is 26.6. The third-order valence-corrected chi connectivity index (χ3v) is 36.4. The molecule has 0 radical (unpaired) electrons. The Bertz CT molecular complexity index is 5730. The number of aromatic carboxylic acids is 1. The van der Waals surface area contributed by atoms with E-state index in [4.69, 9.17) is 29.7 Å². The Morgan fingerprint density at radius 3 is 0.792 bits per heavy atom. The predicted molar refractivity (Wildman–Crippen MR) is 601 cm³/mol. The molecule has 736 valence electrons. The number of carboxylic acid groups (broad SMARTS) is 1. The Labute approximate surface area is 880 Å². The summed E-state index contributed by atoms with van der Waals surface area (Å²) in [7, 11) is 5.57. The first-order valence-corrected chi connectivity index (χ1v) is 57.5. The molecule has 144 heavy (non-hydrogen) atoms. The SMILES string of the molecule is CCCC1CCC2CC(c3ccc(C(=O)O)cc3)CCC2C1.CCCC1CCC2CC(c3ccc(C(=O)Oc4ccc(C#N)c(F)c4)cc3)CCC2C1.N#Cc1ccc(O)cc1F.O=S(Cl)Cl.[Pd].c1ccc(P(c2ccccc2)c2ccccc2)cc1.c1ccc(P(c2ccccc2)c2ccccc2)cc1.c1ccc(P(c2ccccc2)c2ccccc2)cc1.c1ccc(P(c2ccccc2)c2ccccc2)cc1. The second-order valence-electron chi connectivity index (χ2n) is 36.0. The fraction of sp³-hybridized carbons (Fsp3) is 0.206. The molecule has 4 aliphatic rings. The number of benzene rings is 16. The number of aromatic hydroxyl groups is 1. The van der Waals surface area contributed by atoms with Crippen LogP contribution in [0.15, 0.2) is 449 Å². The van der Waals surface area contributed by atoms with Crippen molar-refractivity contribution in [2.75, 3.05) is 0 Å². The van der Waals surface area contributed by atoms with Gasteiger partial charge in [0.05, 0.1) is 22.3 Å². The number of esters is 1. The van der Waals surface area contributed by atoms with E-state index in [1.165, 1.54) is 202 Å². The summed E-state index contributed by atoms with van der Waals surface area (Å²) in [4.78, 5) is 23.4. The van der Waals surface area contributed by atoms with Gasteiger partial charge in [-0.25, -0.2) is 22.6 Å². The number of halogens is 4. The summed E-state index contributed by atoms with van der Waals surface area (Å²) >= 11 is 0. The van der Waals surface area contributed by atoms with Crippen molar-refractivity contribution in [3.05, 3.63) is 494 Å². The van der Waals surface area contributed by atoms with Gasteiger partial charge in [-0.1, -0.05) is 441 Å². The topological polar surface area (TPSA) is 148 Å². The van der Waals surface area contributed by atoms with Crippen molar-refractivity contribution in [2.45, 2.75) is 128 Å². The number of phenols is 1. The molecule has 8 atom stereocenters. The largest absolute Gasteiger partial charge is 0.508 e. The predicted octanol–water partition coefficient (Wildman–Crippen LogP) is 28.7. The van der Waals surface area contributed by atoms with Crippen LogP contribution in [0.1, 0.15) is 171 Å². The van der Waals surface area contributed by atoms with Gasteiger partial charge in [-0.3, -0.25) is 0 Å². The second kappa shape index (κ2) is 60.2. The minimum atomic E-state index is -1.67. The molecule has 4 saturated carbocycles. The van der Waals surface area contributed by atoms with Crippen LogP contribution in [0.5, 0.6) is 11.5 Å². The van der Waals surface area contributed by atoms with Gasteiger partial charge in [-0.05, 0) is 267 Å². The quantitative estimate of drug-likeness (QED) is 0.0238. The monoisotopic (exact) mass is 2130 g/mol. The summed E-state index contributed by atoms with van der Waals surface area (Å²) in [6.07, 6.45) is 21.7. The molecule has 0 bridgehead atoms. The average molecular weight is 2130 g/mol. The normalized spacial score (nSPS) is 16.7. The number of carbonyl (C=O) groups is 2. The molecule has 0 aromatic heterocycles. The van der Waals surface area contributed by atoms with Crippen molar-refractivity contribution >= 4 is 138 Å². The molecule has 2 N–H and O–H groups in total. The molecule has 4 aliphatic carbocycles. The number of carbonyl (C=O) groups excluding carboxylic acids is 1. The van der Waals surface area contributed by atoms with Crippen LogP contribution in [0.2, 0.25) is 0 Å². The molecule has 0 saturated heterocycles. The molecule has 18 heteroatoms. The van der Waals surface area contributed by atoms with Crippen molar-refractivity contribution in [1.29, 1.82) is 10.5 Å². The van der Waals surface area contributed by atoms with Gasteiger partial charge >= 0.3 is 11.9 Å². The van der Waals surface area contributed by atoms with Gasteiger partial charge < -0.3 is 14.9 Å². The van der Waals surface area contributed by atoms with Crippen LogP contribution in [0.4, 0.5) is 8.78 Å². The number of nitrogens with zero attached hydrogens (tertiary/aromatic N) is 2. The number of carboxylic acids is 1. The first-order valence-electron chi connectivity index (χ1n) is 49.3. The number of hydrogen-bond donors (Lipinski definition) is 2. The van der Waals surface area contributed by atoms with Crippen LogP contribution < -0.4 is 68.4 Å². The summed E-state index contributed by atoms with van der Waals surface area (Å²) < 4.78 is 40.6. The minimum Gasteiger partial charge on any atom is -0.508 e. The smallest absolute Gasteiger partial charge is 0.343 e. The zero-order valence-corrected chi connectivity index (χ0v) is 88.6. The van der Waals surface area contributed by atoms with Gasteiger partial charge in [-0.2, -0.15) is 10.5 Å². The Morgan fingerprint density at radius 2 is 0.562 bits per heavy atom. The first-order chi connectivity index (χ1) is 70.0. The molecule has 8 unspecified atom stereocenters. The van der Waals surface area contributed by atoms with E-state index in [0.717, 1.165) is 47.6 Å². The molecule has 16 aromatic rings. The van der Waals surface area contributed by atoms with Crippen LogP contribution in [-0.2, 0) is 29.6 Å². The van der Waals surface area contributed by atoms with E-state index in [2.05, 4.69) is 399 Å². The minimum absolute atomic E-state index is 0. The summed E-state index contributed by atoms with van der Waals surface area (Å²) in [5, 5.41) is 51.5. The number of ether oxygens (including phenoxy) is 1. The van der Waals surface area contributed by atoms with Gasteiger partial charge in [0.15, 0.2) is 0 Å². The van der Waals surface area contributed by atoms with Crippen LogP contribution >= 0.6 is 53.1 Å². The van der Waals surface area contributed by atoms with Gasteiger partial charge in [0.2, 0.25) is 9.23 Å². The molecular weight excluding hydrogens is 2010 g/mol. The molecule has 4 fully saturated rings. The van der Waals surface area contributed by atoms with Gasteiger partial charge in [0.25, 0.3) is 0 Å². The molecular formula is C126H122Cl2F2N2O6P4PdS. The Hall–Kier alpha value is -11.8. The van der Waals surface area contributed by atoms with Crippen LogP contribution in [0.25, 0.3) is 0 Å². The van der Waals surface area contributed by atoms with E-state index < -0.39 is 64.5 Å². The third kappa shape index (κ3) is 34.2. The van der Waals surface area contributed by atoms with Crippen LogP contribution in [0.3, 0.4) is 0 Å². The van der Waals surface area contributed by atoms with Crippen molar-refractivity contribution in [2.24, 2.45) is 35.5 Å². The van der Waals surface area contributed by atoms with E-state index >= 15 is 0 Å². The molecule has 8 nitrogen and oxygen atoms in total. The molecule has 20 rings (SSSR count). The summed E-state index contributed by atoms with van der Waals surface area (Å²) in [6, 6.07) is 155. The van der Waals surface area contributed by atoms with Crippen molar-refractivity contribution in [1.82, 2.24) is 0 Å². The van der Waals surface area contributed by atoms with E-state index in [9.17, 15) is 18.4 Å². The van der Waals surface area contributed by atoms with Crippen molar-refractivity contribution in [3.63, 3.8) is 0 Å². The van der Waals surface area contributed by atoms with Crippen LogP contribution in [-0.4, -0.2) is 26.4 Å². The van der Waals surface area contributed by atoms with Crippen LogP contribution in [0, 0.1) is 69.8 Å². The van der Waals surface area contributed by atoms with E-state index in [0.29, 0.717) is 23.0 Å². The Kier molecular flexibility index (Phi) is 46.4. The zero-order valence-electron chi connectivity index (χ0n) is 81.1. The first kappa shape index (κ1) is 111. The Balaban J connectivity index is 0.000000151. The summed E-state index contributed by atoms with van der Waals surface area (Å²) in [6.45, 7) is 4.61. The molecule has 16 aromatic carbocycles. The molecule has 0 amide bonds. The fourth-order valence-electron chi connectivity index (χ4n) is 19.8. The van der Waals surface area contributed by atoms with E-state index in [-0.39, 0.29) is 43.0 Å². The maximum atomic E-state index is 13.7. The van der Waals surface area contributed by atoms with Crippen molar-refractivity contribution in [3.8, 4) is 23.6 Å². The van der Waals surface area contributed by atoms with E-state index in [1.54, 1.807) is 24.3 Å². The maximum Gasteiger partial charge on any atom is 0.343 e. The van der Waals surface area contributed by atoms with Gasteiger partial charge in [0, 0.05) is 53.9 Å². The van der Waals surface area contributed by atoms with Gasteiger partial charge in [0.1, 0.15) is 35.3 Å². The fourth-order valence-corrected chi connectivity index (χ4v) is 29.1. The maximum absolute atomic E-state index is 13.7. The molecule has 0 aliphatic heterocycles. The summed E-state index contributed by atoms with van der Waals surface area (Å²) in [5.41, 5.74) is 3.37. The molecule has 0 spiro atoms. The number of rotatable bonds is 21. The number of phenolic OH excluding ortho intramolecular Hbond substituents is 1. The standard InChI is InChI=1S/C27H30FNO2.C20H28O2.4C18H15P.C7H4FNO.Cl2OS.Pd/c1-2-3-18-4-5-23-15-22(11-10-21(23)14-18)19-6-8-20(9-7-19)27(30)31-25-13-12-24(17-29)26(28)16-25;1-2-3-14-4-5-19-13-18(11-10-17(19)12-14)15-6-8-16(9-7-15)20(21)22;4*1-4-10-16(11-5-1)19(17-12-6-2-7-13-17)18-14-8-3-9-15-18;8-7-3-6(10)2-1-5(7)4-9;1-4(2)3;/h6-9,12-13,16,18,21-23H,2-5,10-11,14-15H2,1H3;6-9,14,17-19H,2-5,10-13H2,1H3,(H,21,22);4*1-15H;1-3,10H;;. The number of hydrogen-bond acceptors (Lipinski definition) is 7. The van der Waals surface area contributed by atoms with Crippen molar-refractivity contribution < 1.29 is 58.0 Å². The number of fused-ring (bicyclic) bond motifs is 2. The van der Waals surface area contributed by atoms with Gasteiger partial charge in [-0.15, -0.1) is 0 Å². The summed E-state index contributed by atoms with van der Waals surface area (Å²) in [5.74, 6) is 3.96. The Morgan fingerprint density at radius 1 is 0.333 bits per heavy atom. The van der Waals surface area contributed by atoms with E-state index in [1.807, 2.05) is 36.4 Å². The second-order valence-corrected chi connectivity index (χ2v) is 47.4. The molecule has 0 heterocycles.